The molecule has 0 aliphatic carbocycles. The Morgan fingerprint density at radius 3 is 2.35 bits per heavy atom. The number of nitrogens with one attached hydrogen (secondary N) is 1. The Balaban J connectivity index is 2.11. The van der Waals surface area contributed by atoms with Crippen molar-refractivity contribution in [2.75, 3.05) is 26.2 Å². The molecule has 0 unspecified atom stereocenters. The van der Waals surface area contributed by atoms with E-state index in [1.165, 1.54) is 0 Å². The number of aliphatic hydroxyl groups is 2. The number of aliphatic hydroxyl groups excluding tert-OH is 2. The second-order valence-electron chi connectivity index (χ2n) is 4.18. The number of likely N-dealkylation sites (tertiary alicyclic amines) is 1. The summed E-state index contributed by atoms with van der Waals surface area (Å²) in [6.07, 6.45) is -1.17. The molecule has 1 heterocycles. The average Bonchev–Trinajstić information content (AvgIpc) is 2.52. The normalized spacial score (nSPS) is 24.8. The Hall–Kier alpha value is -1.18. The van der Waals surface area contributed by atoms with Crippen LogP contribution in [0.2, 0.25) is 0 Å². The Morgan fingerprint density at radius 1 is 1.24 bits per heavy atom. The SMILES string of the molecule is O=C(O)CCCNC(=O)CN1C[C@@H](O)[C@@H](O)C1. The number of hydrogen-bond donors (Lipinski definition) is 4. The van der Waals surface area contributed by atoms with Crippen LogP contribution < -0.4 is 5.32 Å². The zero-order chi connectivity index (χ0) is 12.8. The highest BCUT2D eigenvalue weighted by Gasteiger charge is 2.30. The molecule has 0 aromatic rings. The lowest BCUT2D eigenvalue weighted by Gasteiger charge is -2.13. The minimum atomic E-state index is -0.884. The van der Waals surface area contributed by atoms with Crippen LogP contribution in [0.5, 0.6) is 0 Å². The minimum absolute atomic E-state index is 0.0292. The molecule has 1 aliphatic rings. The zero-order valence-corrected chi connectivity index (χ0v) is 9.50. The molecule has 0 aromatic carbocycles. The Labute approximate surface area is 99.0 Å². The van der Waals surface area contributed by atoms with Gasteiger partial charge in [-0.1, -0.05) is 0 Å². The van der Waals surface area contributed by atoms with Gasteiger partial charge in [-0.05, 0) is 6.42 Å². The second kappa shape index (κ2) is 6.53. The van der Waals surface area contributed by atoms with Gasteiger partial charge in [0.05, 0.1) is 18.8 Å². The van der Waals surface area contributed by atoms with Crippen LogP contribution in [0.15, 0.2) is 0 Å². The molecule has 0 aromatic heterocycles. The van der Waals surface area contributed by atoms with Crippen molar-refractivity contribution in [1.82, 2.24) is 10.2 Å². The number of carbonyl (C=O) groups excluding carboxylic acids is 1. The monoisotopic (exact) mass is 246 g/mol. The van der Waals surface area contributed by atoms with Crippen molar-refractivity contribution in [1.29, 1.82) is 0 Å². The Kier molecular flexibility index (Phi) is 5.33. The predicted octanol–water partition coefficient (Wildman–Crippen LogP) is -2.00. The third-order valence-electron chi connectivity index (χ3n) is 2.59. The fraction of sp³-hybridized carbons (Fsp3) is 0.800. The smallest absolute Gasteiger partial charge is 0.303 e. The summed E-state index contributed by atoms with van der Waals surface area (Å²) in [5.41, 5.74) is 0. The van der Waals surface area contributed by atoms with E-state index >= 15 is 0 Å². The van der Waals surface area contributed by atoms with Crippen molar-refractivity contribution in [2.45, 2.75) is 25.0 Å². The molecule has 0 spiro atoms. The van der Waals surface area contributed by atoms with Crippen molar-refractivity contribution in [3.05, 3.63) is 0 Å². The molecule has 1 amide bonds. The summed E-state index contributed by atoms with van der Waals surface area (Å²) in [7, 11) is 0. The second-order valence-corrected chi connectivity index (χ2v) is 4.18. The van der Waals surface area contributed by atoms with Crippen LogP contribution in [-0.2, 0) is 9.59 Å². The molecule has 2 atom stereocenters. The van der Waals surface area contributed by atoms with Crippen molar-refractivity contribution in [2.24, 2.45) is 0 Å². The maximum absolute atomic E-state index is 11.4. The predicted molar refractivity (Wildman–Crippen MR) is 58.3 cm³/mol. The van der Waals surface area contributed by atoms with Gasteiger partial charge in [-0.15, -0.1) is 0 Å². The minimum Gasteiger partial charge on any atom is -0.481 e. The van der Waals surface area contributed by atoms with Crippen LogP contribution >= 0.6 is 0 Å². The van der Waals surface area contributed by atoms with Crippen molar-refractivity contribution in [3.63, 3.8) is 0 Å². The van der Waals surface area contributed by atoms with Crippen molar-refractivity contribution in [3.8, 4) is 0 Å². The van der Waals surface area contributed by atoms with Crippen molar-refractivity contribution >= 4 is 11.9 Å². The lowest BCUT2D eigenvalue weighted by molar-refractivity contribution is -0.137. The lowest BCUT2D eigenvalue weighted by atomic mass is 10.3. The zero-order valence-electron chi connectivity index (χ0n) is 9.50. The van der Waals surface area contributed by atoms with Crippen LogP contribution in [0.1, 0.15) is 12.8 Å². The van der Waals surface area contributed by atoms with Gasteiger partial charge >= 0.3 is 5.97 Å². The number of carbonyl (C=O) groups is 2. The highest BCUT2D eigenvalue weighted by Crippen LogP contribution is 2.08. The fourth-order valence-electron chi connectivity index (χ4n) is 1.70. The maximum atomic E-state index is 11.4. The van der Waals surface area contributed by atoms with Crippen molar-refractivity contribution < 1.29 is 24.9 Å². The summed E-state index contributed by atoms with van der Waals surface area (Å²) in [6.45, 7) is 0.999. The largest absolute Gasteiger partial charge is 0.481 e. The number of carboxylic acids is 1. The fourth-order valence-corrected chi connectivity index (χ4v) is 1.70. The van der Waals surface area contributed by atoms with E-state index in [9.17, 15) is 19.8 Å². The lowest BCUT2D eigenvalue weighted by Crippen LogP contribution is -2.37. The molecule has 98 valence electrons. The third kappa shape index (κ3) is 5.12. The first-order valence-corrected chi connectivity index (χ1v) is 5.56. The average molecular weight is 246 g/mol. The number of aliphatic carboxylic acids is 1. The van der Waals surface area contributed by atoms with E-state index in [1.54, 1.807) is 4.90 Å². The number of amides is 1. The first kappa shape index (κ1) is 13.9. The molecule has 0 bridgehead atoms. The molecule has 0 saturated carbocycles. The van der Waals surface area contributed by atoms with Crippen LogP contribution in [0.25, 0.3) is 0 Å². The molecule has 17 heavy (non-hydrogen) atoms. The third-order valence-corrected chi connectivity index (χ3v) is 2.59. The first-order chi connectivity index (χ1) is 7.99. The van der Waals surface area contributed by atoms with E-state index in [1.807, 2.05) is 0 Å². The molecule has 4 N–H and O–H groups in total. The van der Waals surface area contributed by atoms with Gasteiger partial charge in [0, 0.05) is 26.1 Å². The van der Waals surface area contributed by atoms with E-state index in [0.29, 0.717) is 13.0 Å². The van der Waals surface area contributed by atoms with E-state index < -0.39 is 18.2 Å². The molecular weight excluding hydrogens is 228 g/mol. The van der Waals surface area contributed by atoms with Gasteiger partial charge in [0.25, 0.3) is 0 Å². The number of β-amino-alcohol motifs (C(OH)–C–C–N with tert-alkyl or cyclic N) is 2. The molecule has 7 nitrogen and oxygen atoms in total. The molecule has 1 aliphatic heterocycles. The molecule has 1 rings (SSSR count). The molecular formula is C10H18N2O5. The van der Waals surface area contributed by atoms with Crippen LogP contribution in [-0.4, -0.2) is 70.5 Å². The van der Waals surface area contributed by atoms with E-state index in [-0.39, 0.29) is 32.0 Å². The summed E-state index contributed by atoms with van der Waals surface area (Å²) < 4.78 is 0. The van der Waals surface area contributed by atoms with Gasteiger partial charge in [0.15, 0.2) is 0 Å². The topological polar surface area (TPSA) is 110 Å². The summed E-state index contributed by atoms with van der Waals surface area (Å²) in [6, 6.07) is 0. The number of rotatable bonds is 6. The van der Waals surface area contributed by atoms with Gasteiger partial charge in [-0.3, -0.25) is 14.5 Å². The Morgan fingerprint density at radius 2 is 1.82 bits per heavy atom. The quantitative estimate of drug-likeness (QED) is 0.404. The van der Waals surface area contributed by atoms with Crippen LogP contribution in [0.3, 0.4) is 0 Å². The first-order valence-electron chi connectivity index (χ1n) is 5.56. The summed E-state index contributed by atoms with van der Waals surface area (Å²) in [5.74, 6) is -1.11. The van der Waals surface area contributed by atoms with Gasteiger partial charge in [0.1, 0.15) is 0 Å². The standard InChI is InChI=1S/C10H18N2O5/c13-7-4-12(5-8(7)14)6-9(15)11-3-1-2-10(16)17/h7-8,13-14H,1-6H2,(H,11,15)(H,16,17)/t7-,8+. The number of carboxylic acid groups (broad SMARTS) is 1. The molecule has 7 heteroatoms. The highest BCUT2D eigenvalue weighted by atomic mass is 16.4. The highest BCUT2D eigenvalue weighted by molar-refractivity contribution is 5.78. The van der Waals surface area contributed by atoms with Crippen LogP contribution in [0.4, 0.5) is 0 Å². The van der Waals surface area contributed by atoms with Crippen LogP contribution in [0, 0.1) is 0 Å². The number of nitrogens with zero attached hydrogens (tertiary/aromatic N) is 1. The van der Waals surface area contributed by atoms with Gasteiger partial charge in [-0.25, -0.2) is 0 Å². The maximum Gasteiger partial charge on any atom is 0.303 e. The molecule has 0 radical (unpaired) electrons. The van der Waals surface area contributed by atoms with Gasteiger partial charge in [-0.2, -0.15) is 0 Å². The van der Waals surface area contributed by atoms with E-state index in [0.717, 1.165) is 0 Å². The number of hydrogen-bond acceptors (Lipinski definition) is 5. The Bertz CT molecular complexity index is 274. The van der Waals surface area contributed by atoms with Gasteiger partial charge < -0.3 is 20.6 Å². The molecule has 1 fully saturated rings. The van der Waals surface area contributed by atoms with E-state index in [2.05, 4.69) is 5.32 Å². The summed E-state index contributed by atoms with van der Waals surface area (Å²) in [5, 5.41) is 29.5. The van der Waals surface area contributed by atoms with E-state index in [4.69, 9.17) is 5.11 Å². The van der Waals surface area contributed by atoms with Gasteiger partial charge in [0.2, 0.25) is 5.91 Å². The molecule has 1 saturated heterocycles. The summed E-state index contributed by atoms with van der Waals surface area (Å²) in [4.78, 5) is 23.3. The summed E-state index contributed by atoms with van der Waals surface area (Å²) >= 11 is 0.